The van der Waals surface area contributed by atoms with Crippen molar-refractivity contribution in [1.82, 2.24) is 0 Å². The van der Waals surface area contributed by atoms with Gasteiger partial charge in [0.1, 0.15) is 6.29 Å². The van der Waals surface area contributed by atoms with Gasteiger partial charge in [0, 0.05) is 5.56 Å². The van der Waals surface area contributed by atoms with Gasteiger partial charge in [-0.2, -0.15) is 0 Å². The molecule has 232 valence electrons. The molecule has 9 aromatic carbocycles. The van der Waals surface area contributed by atoms with Gasteiger partial charge in [-0.15, -0.1) is 0 Å². The number of hydrogen-bond donors (Lipinski definition) is 0. The van der Waals surface area contributed by atoms with Gasteiger partial charge >= 0.3 is 0 Å². The Morgan fingerprint density at radius 1 is 0.458 bits per heavy atom. The number of carbonyl (C=O) groups excluding carboxylic acids is 1. The summed E-state index contributed by atoms with van der Waals surface area (Å²) >= 11 is 0. The van der Waals surface area contributed by atoms with Crippen LogP contribution >= 0.6 is 0 Å². The highest BCUT2D eigenvalue weighted by molar-refractivity contribution is 6.31. The minimum atomic E-state index is 0.709. The molecule has 0 aromatic heterocycles. The summed E-state index contributed by atoms with van der Waals surface area (Å²) < 4.78 is 0. The van der Waals surface area contributed by atoms with E-state index in [1.165, 1.54) is 92.5 Å². The second-order valence-corrected chi connectivity index (χ2v) is 13.7. The van der Waals surface area contributed by atoms with Crippen LogP contribution in [-0.4, -0.2) is 6.29 Å². The Hall–Kier alpha value is -5.27. The number of aryl methyl sites for hydroxylation is 2. The lowest BCUT2D eigenvalue weighted by Crippen LogP contribution is -1.98. The van der Waals surface area contributed by atoms with Crippen LogP contribution < -0.4 is 0 Å². The van der Waals surface area contributed by atoms with Crippen LogP contribution in [0.4, 0.5) is 0 Å². The van der Waals surface area contributed by atoms with Crippen molar-refractivity contribution < 1.29 is 4.79 Å². The summed E-state index contributed by atoms with van der Waals surface area (Å²) in [6, 6.07) is 43.2. The summed E-state index contributed by atoms with van der Waals surface area (Å²) in [4.78, 5) is 11.5. The van der Waals surface area contributed by atoms with E-state index in [1.54, 1.807) is 0 Å². The molecular formula is C47H38O. The molecule has 0 aliphatic heterocycles. The van der Waals surface area contributed by atoms with Gasteiger partial charge in [0.15, 0.2) is 0 Å². The molecule has 1 heteroatoms. The maximum Gasteiger partial charge on any atom is 0.150 e. The molecule has 0 aliphatic carbocycles. The van der Waals surface area contributed by atoms with Gasteiger partial charge < -0.3 is 0 Å². The predicted molar refractivity (Wildman–Crippen MR) is 207 cm³/mol. The Kier molecular flexibility index (Phi) is 6.90. The van der Waals surface area contributed by atoms with E-state index in [0.29, 0.717) is 5.56 Å². The molecule has 48 heavy (non-hydrogen) atoms. The maximum absolute atomic E-state index is 11.5. The zero-order valence-electron chi connectivity index (χ0n) is 27.7. The Labute approximate surface area is 281 Å². The van der Waals surface area contributed by atoms with Crippen molar-refractivity contribution in [2.45, 2.75) is 52.4 Å². The van der Waals surface area contributed by atoms with Crippen molar-refractivity contribution in [3.05, 3.63) is 132 Å². The monoisotopic (exact) mass is 618 g/mol. The summed E-state index contributed by atoms with van der Waals surface area (Å²) in [5, 5.41) is 16.1. The van der Waals surface area contributed by atoms with E-state index >= 15 is 0 Å². The molecule has 0 spiro atoms. The molecule has 9 rings (SSSR count). The van der Waals surface area contributed by atoms with Crippen LogP contribution in [-0.2, 0) is 12.8 Å². The molecule has 0 saturated carbocycles. The smallest absolute Gasteiger partial charge is 0.150 e. The minimum Gasteiger partial charge on any atom is -0.298 e. The normalized spacial score (nSPS) is 12.1. The molecule has 0 unspecified atom stereocenters. The first-order valence-corrected chi connectivity index (χ1v) is 17.7. The fourth-order valence-electron chi connectivity index (χ4n) is 8.46. The van der Waals surface area contributed by atoms with Gasteiger partial charge in [-0.05, 0) is 136 Å². The van der Waals surface area contributed by atoms with E-state index in [0.717, 1.165) is 50.4 Å². The number of unbranched alkanes of at least 4 members (excludes halogenated alkanes) is 2. The first kappa shape index (κ1) is 28.9. The SMILES string of the molecule is CCCCc1cc(-c2ccc(C=O)cc2)c2ccc3c(CCCC)cc(-c4ccc5ccc6cccc7ccc4c5c67)c4ccc1c2c34. The average Bonchev–Trinajstić information content (AvgIpc) is 3.14. The third kappa shape index (κ3) is 4.34. The van der Waals surface area contributed by atoms with Crippen molar-refractivity contribution in [3.8, 4) is 22.3 Å². The quantitative estimate of drug-likeness (QED) is 0.116. The highest BCUT2D eigenvalue weighted by Crippen LogP contribution is 2.47. The summed E-state index contributed by atoms with van der Waals surface area (Å²) in [6.45, 7) is 4.57. The molecule has 0 bridgehead atoms. The molecular weight excluding hydrogens is 581 g/mol. The van der Waals surface area contributed by atoms with Crippen LogP contribution in [0.2, 0.25) is 0 Å². The Balaban J connectivity index is 1.41. The molecule has 0 fully saturated rings. The Morgan fingerprint density at radius 3 is 1.58 bits per heavy atom. The lowest BCUT2D eigenvalue weighted by atomic mass is 9.81. The van der Waals surface area contributed by atoms with E-state index < -0.39 is 0 Å². The number of hydrogen-bond acceptors (Lipinski definition) is 1. The van der Waals surface area contributed by atoms with E-state index in [1.807, 2.05) is 12.1 Å². The predicted octanol–water partition coefficient (Wildman–Crippen LogP) is 13.3. The summed E-state index contributed by atoms with van der Waals surface area (Å²) in [6.07, 6.45) is 7.68. The van der Waals surface area contributed by atoms with Crippen molar-refractivity contribution in [3.63, 3.8) is 0 Å². The second-order valence-electron chi connectivity index (χ2n) is 13.7. The lowest BCUT2D eigenvalue weighted by molar-refractivity contribution is 0.112. The van der Waals surface area contributed by atoms with Crippen LogP contribution in [0.25, 0.3) is 86.9 Å². The topological polar surface area (TPSA) is 17.1 Å². The first-order valence-electron chi connectivity index (χ1n) is 17.7. The molecule has 0 aliphatic rings. The van der Waals surface area contributed by atoms with Gasteiger partial charge in [-0.3, -0.25) is 4.79 Å². The summed E-state index contributed by atoms with van der Waals surface area (Å²) in [5.41, 5.74) is 8.62. The highest BCUT2D eigenvalue weighted by atomic mass is 16.1. The molecule has 0 atom stereocenters. The molecule has 0 N–H and O–H groups in total. The van der Waals surface area contributed by atoms with Crippen LogP contribution in [0, 0.1) is 0 Å². The van der Waals surface area contributed by atoms with Crippen LogP contribution in [0.5, 0.6) is 0 Å². The fraction of sp³-hybridized carbons (Fsp3) is 0.170. The molecule has 0 saturated heterocycles. The van der Waals surface area contributed by atoms with E-state index in [9.17, 15) is 4.79 Å². The van der Waals surface area contributed by atoms with Gasteiger partial charge in [-0.25, -0.2) is 0 Å². The molecule has 0 radical (unpaired) electrons. The molecule has 1 nitrogen and oxygen atoms in total. The fourth-order valence-corrected chi connectivity index (χ4v) is 8.46. The number of benzene rings is 9. The maximum atomic E-state index is 11.5. The van der Waals surface area contributed by atoms with Crippen LogP contribution in [0.3, 0.4) is 0 Å². The van der Waals surface area contributed by atoms with Crippen molar-refractivity contribution in [1.29, 1.82) is 0 Å². The summed E-state index contributed by atoms with van der Waals surface area (Å²) in [7, 11) is 0. The van der Waals surface area contributed by atoms with Gasteiger partial charge in [0.25, 0.3) is 0 Å². The van der Waals surface area contributed by atoms with Crippen LogP contribution in [0.1, 0.15) is 61.0 Å². The zero-order valence-corrected chi connectivity index (χ0v) is 27.7. The first-order chi connectivity index (χ1) is 23.7. The third-order valence-corrected chi connectivity index (χ3v) is 10.8. The van der Waals surface area contributed by atoms with Crippen LogP contribution in [0.15, 0.2) is 115 Å². The third-order valence-electron chi connectivity index (χ3n) is 10.8. The Morgan fingerprint density at radius 2 is 0.958 bits per heavy atom. The van der Waals surface area contributed by atoms with E-state index in [-0.39, 0.29) is 0 Å². The van der Waals surface area contributed by atoms with Gasteiger partial charge in [0.2, 0.25) is 0 Å². The van der Waals surface area contributed by atoms with Crippen molar-refractivity contribution in [2.24, 2.45) is 0 Å². The largest absolute Gasteiger partial charge is 0.298 e. The second kappa shape index (κ2) is 11.5. The minimum absolute atomic E-state index is 0.709. The zero-order chi connectivity index (χ0) is 32.4. The Bertz CT molecular complexity index is 2620. The van der Waals surface area contributed by atoms with Gasteiger partial charge in [0.05, 0.1) is 0 Å². The highest BCUT2D eigenvalue weighted by Gasteiger charge is 2.21. The van der Waals surface area contributed by atoms with E-state index in [4.69, 9.17) is 0 Å². The number of rotatable bonds is 9. The summed E-state index contributed by atoms with van der Waals surface area (Å²) in [5.74, 6) is 0. The number of aldehydes is 1. The van der Waals surface area contributed by atoms with Crippen molar-refractivity contribution in [2.75, 3.05) is 0 Å². The molecule has 0 heterocycles. The molecule has 0 amide bonds. The van der Waals surface area contributed by atoms with E-state index in [2.05, 4.69) is 117 Å². The standard InChI is InChI=1S/C47H38O/c1-3-5-8-34-26-42(30-14-12-29(28-48)13-15-30)40-24-22-37-35(9-6-4-2)27-43(41-25-23-36(34)46(40)47(37)41)38-20-18-33-17-16-31-10-7-11-32-19-21-39(38)45(33)44(31)32/h7,10-28H,3-6,8-9H2,1-2H3. The number of carbonyl (C=O) groups is 1. The molecule has 9 aromatic rings. The lowest BCUT2D eigenvalue weighted by Gasteiger charge is -2.22. The van der Waals surface area contributed by atoms with Gasteiger partial charge in [-0.1, -0.05) is 130 Å². The average molecular weight is 619 g/mol. The van der Waals surface area contributed by atoms with Crippen molar-refractivity contribution >= 4 is 70.9 Å².